The number of nitrogens with one attached hydrogen (secondary N) is 1. The highest BCUT2D eigenvalue weighted by atomic mass is 16.2. The molecule has 0 radical (unpaired) electrons. The fourth-order valence-corrected chi connectivity index (χ4v) is 4.01. The summed E-state index contributed by atoms with van der Waals surface area (Å²) < 4.78 is 0. The molecule has 1 N–H and O–H groups in total. The smallest absolute Gasteiger partial charge is 0.227 e. The Bertz CT molecular complexity index is 657. The van der Waals surface area contributed by atoms with Gasteiger partial charge in [0.2, 0.25) is 11.8 Å². The molecular weight excluding hydrogens is 326 g/mol. The second-order valence-electron chi connectivity index (χ2n) is 7.91. The number of hydrogen-bond donors (Lipinski definition) is 1. The van der Waals surface area contributed by atoms with E-state index in [0.717, 1.165) is 63.1 Å². The molecule has 1 saturated heterocycles. The lowest BCUT2D eigenvalue weighted by atomic mass is 9.80. The molecule has 5 heteroatoms. The van der Waals surface area contributed by atoms with E-state index in [-0.39, 0.29) is 17.7 Å². The van der Waals surface area contributed by atoms with E-state index in [1.165, 1.54) is 5.56 Å². The number of anilines is 1. The van der Waals surface area contributed by atoms with E-state index in [0.29, 0.717) is 5.91 Å². The van der Waals surface area contributed by atoms with Crippen molar-refractivity contribution < 1.29 is 9.59 Å². The summed E-state index contributed by atoms with van der Waals surface area (Å²) in [5.74, 6) is 0.519. The van der Waals surface area contributed by atoms with Gasteiger partial charge < -0.3 is 15.1 Å². The van der Waals surface area contributed by atoms with Gasteiger partial charge in [0.25, 0.3) is 0 Å². The van der Waals surface area contributed by atoms with Gasteiger partial charge >= 0.3 is 0 Å². The Balaban J connectivity index is 1.51. The maximum absolute atomic E-state index is 12.7. The standard InChI is InChI=1S/C21H31N3O2/c1-15-5-4-6-19(16(15)2)22-20(25)17-7-9-18(10-8-17)21(26)24-13-11-23(3)12-14-24/h4-6,17-18H,7-14H2,1-3H3,(H,22,25). The van der Waals surface area contributed by atoms with Crippen LogP contribution in [-0.2, 0) is 9.59 Å². The quantitative estimate of drug-likeness (QED) is 0.905. The Hall–Kier alpha value is -1.88. The molecule has 1 aliphatic heterocycles. The van der Waals surface area contributed by atoms with Gasteiger partial charge in [-0.2, -0.15) is 0 Å². The SMILES string of the molecule is Cc1cccc(NC(=O)C2CCC(C(=O)N3CCN(C)CC3)CC2)c1C. The molecule has 1 aromatic rings. The minimum Gasteiger partial charge on any atom is -0.340 e. The summed E-state index contributed by atoms with van der Waals surface area (Å²) in [7, 11) is 2.10. The van der Waals surface area contributed by atoms with Crippen molar-refractivity contribution >= 4 is 17.5 Å². The molecule has 1 saturated carbocycles. The van der Waals surface area contributed by atoms with Gasteiger partial charge in [-0.15, -0.1) is 0 Å². The van der Waals surface area contributed by atoms with Crippen molar-refractivity contribution in [3.05, 3.63) is 29.3 Å². The number of hydrogen-bond acceptors (Lipinski definition) is 3. The highest BCUT2D eigenvalue weighted by Gasteiger charge is 2.33. The van der Waals surface area contributed by atoms with E-state index in [2.05, 4.69) is 30.3 Å². The normalized spacial score (nSPS) is 24.3. The van der Waals surface area contributed by atoms with E-state index in [9.17, 15) is 9.59 Å². The highest BCUT2D eigenvalue weighted by Crippen LogP contribution is 2.31. The third-order valence-electron chi connectivity index (χ3n) is 6.12. The van der Waals surface area contributed by atoms with Crippen LogP contribution < -0.4 is 5.32 Å². The van der Waals surface area contributed by atoms with Crippen LogP contribution in [0.25, 0.3) is 0 Å². The van der Waals surface area contributed by atoms with E-state index < -0.39 is 0 Å². The lowest BCUT2D eigenvalue weighted by Gasteiger charge is -2.36. The van der Waals surface area contributed by atoms with Crippen molar-refractivity contribution in [1.82, 2.24) is 9.80 Å². The maximum Gasteiger partial charge on any atom is 0.227 e. The minimum atomic E-state index is 0.0199. The van der Waals surface area contributed by atoms with Crippen molar-refractivity contribution in [3.8, 4) is 0 Å². The number of benzene rings is 1. The first-order chi connectivity index (χ1) is 12.5. The largest absolute Gasteiger partial charge is 0.340 e. The van der Waals surface area contributed by atoms with Gasteiger partial charge in [-0.1, -0.05) is 12.1 Å². The highest BCUT2D eigenvalue weighted by molar-refractivity contribution is 5.93. The lowest BCUT2D eigenvalue weighted by Crippen LogP contribution is -2.49. The molecule has 0 aromatic heterocycles. The first-order valence-electron chi connectivity index (χ1n) is 9.80. The van der Waals surface area contributed by atoms with Crippen LogP contribution in [0.5, 0.6) is 0 Å². The van der Waals surface area contributed by atoms with Gasteiger partial charge in [0.15, 0.2) is 0 Å². The van der Waals surface area contributed by atoms with Crippen LogP contribution in [0.2, 0.25) is 0 Å². The number of amides is 2. The first kappa shape index (κ1) is 18.9. The molecule has 1 aliphatic carbocycles. The Morgan fingerprint density at radius 2 is 1.58 bits per heavy atom. The van der Waals surface area contributed by atoms with Crippen LogP contribution in [0.3, 0.4) is 0 Å². The van der Waals surface area contributed by atoms with Crippen LogP contribution in [0.4, 0.5) is 5.69 Å². The van der Waals surface area contributed by atoms with Crippen molar-refractivity contribution in [2.75, 3.05) is 38.5 Å². The number of nitrogens with zero attached hydrogens (tertiary/aromatic N) is 2. The third kappa shape index (κ3) is 4.26. The Morgan fingerprint density at radius 1 is 0.962 bits per heavy atom. The zero-order valence-electron chi connectivity index (χ0n) is 16.3. The van der Waals surface area contributed by atoms with Crippen LogP contribution in [0.15, 0.2) is 18.2 Å². The Labute approximate surface area is 156 Å². The Morgan fingerprint density at radius 3 is 2.23 bits per heavy atom. The van der Waals surface area contributed by atoms with E-state index in [4.69, 9.17) is 0 Å². The number of piperazine rings is 1. The van der Waals surface area contributed by atoms with Gasteiger partial charge in [-0.25, -0.2) is 0 Å². The molecule has 0 bridgehead atoms. The topological polar surface area (TPSA) is 52.7 Å². The van der Waals surface area contributed by atoms with E-state index >= 15 is 0 Å². The maximum atomic E-state index is 12.7. The molecule has 0 unspecified atom stereocenters. The number of likely N-dealkylation sites (N-methyl/N-ethyl adjacent to an activating group) is 1. The van der Waals surface area contributed by atoms with Gasteiger partial charge in [0.1, 0.15) is 0 Å². The lowest BCUT2D eigenvalue weighted by molar-refractivity contribution is -0.139. The van der Waals surface area contributed by atoms with Gasteiger partial charge in [-0.05, 0) is 63.8 Å². The van der Waals surface area contributed by atoms with Crippen molar-refractivity contribution in [2.45, 2.75) is 39.5 Å². The second kappa shape index (κ2) is 8.21. The molecule has 0 spiro atoms. The second-order valence-corrected chi connectivity index (χ2v) is 7.91. The molecule has 0 atom stereocenters. The van der Waals surface area contributed by atoms with Crippen molar-refractivity contribution in [2.24, 2.45) is 11.8 Å². The average Bonchev–Trinajstić information content (AvgIpc) is 2.65. The zero-order valence-corrected chi connectivity index (χ0v) is 16.3. The van der Waals surface area contributed by atoms with Crippen molar-refractivity contribution in [3.63, 3.8) is 0 Å². The Kier molecular flexibility index (Phi) is 5.97. The molecular formula is C21H31N3O2. The molecule has 1 aromatic carbocycles. The summed E-state index contributed by atoms with van der Waals surface area (Å²) in [5.41, 5.74) is 3.22. The van der Waals surface area contributed by atoms with Crippen LogP contribution in [0.1, 0.15) is 36.8 Å². The molecule has 142 valence electrons. The van der Waals surface area contributed by atoms with E-state index in [1.807, 2.05) is 24.0 Å². The van der Waals surface area contributed by atoms with Crippen LogP contribution >= 0.6 is 0 Å². The molecule has 2 fully saturated rings. The molecule has 2 amide bonds. The van der Waals surface area contributed by atoms with Gasteiger partial charge in [0.05, 0.1) is 0 Å². The zero-order chi connectivity index (χ0) is 18.7. The fraction of sp³-hybridized carbons (Fsp3) is 0.619. The van der Waals surface area contributed by atoms with Crippen LogP contribution in [-0.4, -0.2) is 54.8 Å². The third-order valence-corrected chi connectivity index (χ3v) is 6.12. The molecule has 26 heavy (non-hydrogen) atoms. The summed E-state index contributed by atoms with van der Waals surface area (Å²) in [6.07, 6.45) is 3.27. The number of carbonyl (C=O) groups is 2. The summed E-state index contributed by atoms with van der Waals surface area (Å²) in [6, 6.07) is 5.99. The molecule has 1 heterocycles. The first-order valence-corrected chi connectivity index (χ1v) is 9.80. The summed E-state index contributed by atoms with van der Waals surface area (Å²) in [4.78, 5) is 29.6. The van der Waals surface area contributed by atoms with Crippen LogP contribution in [0, 0.1) is 25.7 Å². The van der Waals surface area contributed by atoms with Gasteiger partial charge in [-0.3, -0.25) is 9.59 Å². The number of rotatable bonds is 3. The molecule has 5 nitrogen and oxygen atoms in total. The van der Waals surface area contributed by atoms with Crippen molar-refractivity contribution in [1.29, 1.82) is 0 Å². The monoisotopic (exact) mass is 357 g/mol. The predicted octanol–water partition coefficient (Wildman–Crippen LogP) is 2.82. The summed E-state index contributed by atoms with van der Waals surface area (Å²) in [5, 5.41) is 3.09. The number of aryl methyl sites for hydroxylation is 1. The summed E-state index contributed by atoms with van der Waals surface area (Å²) >= 11 is 0. The number of carbonyl (C=O) groups excluding carboxylic acids is 2. The molecule has 2 aliphatic rings. The fourth-order valence-electron chi connectivity index (χ4n) is 4.01. The molecule has 3 rings (SSSR count). The predicted molar refractivity (Wildman–Crippen MR) is 104 cm³/mol. The summed E-state index contributed by atoms with van der Waals surface area (Å²) in [6.45, 7) is 7.68. The van der Waals surface area contributed by atoms with Gasteiger partial charge in [0, 0.05) is 43.7 Å². The van der Waals surface area contributed by atoms with E-state index in [1.54, 1.807) is 0 Å². The average molecular weight is 357 g/mol. The minimum absolute atomic E-state index is 0.0199.